The number of benzene rings is 1. The molecule has 0 bridgehead atoms. The quantitative estimate of drug-likeness (QED) is 0.807. The van der Waals surface area contributed by atoms with Crippen LogP contribution in [0.3, 0.4) is 0 Å². The topological polar surface area (TPSA) is 42.1 Å². The summed E-state index contributed by atoms with van der Waals surface area (Å²) in [5, 5.41) is 0.367. The Balaban J connectivity index is 2.50. The number of aromatic nitrogens is 1. The van der Waals surface area contributed by atoms with Gasteiger partial charge in [-0.2, -0.15) is 0 Å². The van der Waals surface area contributed by atoms with Crippen LogP contribution < -0.4 is 10.3 Å². The first kappa shape index (κ1) is 7.84. The van der Waals surface area contributed by atoms with Crippen LogP contribution in [0, 0.1) is 5.82 Å². The van der Waals surface area contributed by atoms with Crippen molar-refractivity contribution in [2.45, 2.75) is 6.37 Å². The van der Waals surface area contributed by atoms with Gasteiger partial charge in [0.1, 0.15) is 5.75 Å². The van der Waals surface area contributed by atoms with Crippen LogP contribution >= 0.6 is 15.9 Å². The molecule has 0 spiro atoms. The van der Waals surface area contributed by atoms with Gasteiger partial charge in [0.05, 0.1) is 22.2 Å². The van der Waals surface area contributed by atoms with E-state index in [1.165, 1.54) is 6.07 Å². The van der Waals surface area contributed by atoms with E-state index in [9.17, 15) is 9.18 Å². The molecular weight excluding hydrogens is 277 g/mol. The second-order valence-corrected chi connectivity index (χ2v) is 4.26. The predicted molar refractivity (Wildman–Crippen MR) is 61.4 cm³/mol. The molecule has 82 valence electrons. The van der Waals surface area contributed by atoms with Crippen molar-refractivity contribution in [2.75, 3.05) is 6.61 Å². The summed E-state index contributed by atoms with van der Waals surface area (Å²) in [7, 11) is 0. The molecule has 1 N–H and O–H groups in total. The minimum Gasteiger partial charge on any atom is -0.492 e. The summed E-state index contributed by atoms with van der Waals surface area (Å²) in [5.41, 5.74) is -0.709. The lowest BCUT2D eigenvalue weighted by Crippen LogP contribution is -2.11. The van der Waals surface area contributed by atoms with E-state index >= 15 is 0 Å². The fourth-order valence-corrected chi connectivity index (χ4v) is 2.10. The molecule has 0 amide bonds. The van der Waals surface area contributed by atoms with Crippen LogP contribution in [0.1, 0.15) is 8.30 Å². The molecule has 3 rings (SSSR count). The molecular formula is C11H7BrFNO2. The summed E-state index contributed by atoms with van der Waals surface area (Å²) in [5.74, 6) is -0.464. The lowest BCUT2D eigenvalue weighted by molar-refractivity contribution is 0.360. The van der Waals surface area contributed by atoms with Gasteiger partial charge in [0.2, 0.25) is 0 Å². The SMILES string of the molecule is [2H]C1([2H])COc2c1c(=O)[nH]c1c(F)c(Br)ccc21. The number of nitrogens with one attached hydrogen (secondary N) is 1. The summed E-state index contributed by atoms with van der Waals surface area (Å²) in [4.78, 5) is 14.2. The van der Waals surface area contributed by atoms with Gasteiger partial charge in [-0.25, -0.2) is 4.39 Å². The van der Waals surface area contributed by atoms with Crippen LogP contribution in [0.4, 0.5) is 4.39 Å². The number of ether oxygens (including phenoxy) is 1. The average molecular weight is 286 g/mol. The first-order chi connectivity index (χ1) is 8.42. The lowest BCUT2D eigenvalue weighted by Gasteiger charge is -2.06. The molecule has 5 heteroatoms. The third-order valence-electron chi connectivity index (χ3n) is 2.50. The van der Waals surface area contributed by atoms with E-state index in [4.69, 9.17) is 7.48 Å². The van der Waals surface area contributed by atoms with Gasteiger partial charge in [0.15, 0.2) is 5.82 Å². The number of rotatable bonds is 0. The largest absolute Gasteiger partial charge is 0.492 e. The van der Waals surface area contributed by atoms with Crippen LogP contribution in [-0.4, -0.2) is 11.6 Å². The van der Waals surface area contributed by atoms with Crippen molar-refractivity contribution in [1.29, 1.82) is 0 Å². The molecule has 1 aromatic heterocycles. The molecule has 0 saturated heterocycles. The smallest absolute Gasteiger partial charge is 0.255 e. The first-order valence-corrected chi connectivity index (χ1v) is 5.38. The van der Waals surface area contributed by atoms with Crippen LogP contribution in [0.2, 0.25) is 0 Å². The molecule has 2 aromatic rings. The number of halogens is 2. The summed E-state index contributed by atoms with van der Waals surface area (Å²) >= 11 is 3.03. The Morgan fingerprint density at radius 1 is 1.56 bits per heavy atom. The summed E-state index contributed by atoms with van der Waals surface area (Å²) < 4.78 is 34.7. The number of hydrogen-bond acceptors (Lipinski definition) is 2. The van der Waals surface area contributed by atoms with E-state index in [0.29, 0.717) is 5.39 Å². The van der Waals surface area contributed by atoms with Crippen LogP contribution in [0.25, 0.3) is 10.9 Å². The number of fused-ring (bicyclic) bond motifs is 3. The highest BCUT2D eigenvalue weighted by atomic mass is 79.9. The monoisotopic (exact) mass is 285 g/mol. The zero-order chi connectivity index (χ0) is 13.1. The zero-order valence-electron chi connectivity index (χ0n) is 9.93. The van der Waals surface area contributed by atoms with Crippen LogP contribution in [-0.2, 0) is 6.37 Å². The maximum atomic E-state index is 13.9. The summed E-state index contributed by atoms with van der Waals surface area (Å²) in [6.07, 6.45) is -1.85. The van der Waals surface area contributed by atoms with Gasteiger partial charge in [-0.1, -0.05) is 0 Å². The van der Waals surface area contributed by atoms with Gasteiger partial charge in [-0.15, -0.1) is 0 Å². The predicted octanol–water partition coefficient (Wildman–Crippen LogP) is 2.36. The molecule has 0 radical (unpaired) electrons. The number of H-pyrrole nitrogens is 1. The molecule has 0 saturated carbocycles. The number of hydrogen-bond donors (Lipinski definition) is 1. The van der Waals surface area contributed by atoms with Crippen molar-refractivity contribution >= 4 is 26.8 Å². The van der Waals surface area contributed by atoms with Gasteiger partial charge in [-0.3, -0.25) is 4.79 Å². The van der Waals surface area contributed by atoms with Crippen molar-refractivity contribution in [2.24, 2.45) is 0 Å². The summed E-state index contributed by atoms with van der Waals surface area (Å²) in [6, 6.07) is 3.08. The average Bonchev–Trinajstić information content (AvgIpc) is 2.62. The second-order valence-electron chi connectivity index (χ2n) is 3.41. The van der Waals surface area contributed by atoms with Crippen molar-refractivity contribution < 1.29 is 11.9 Å². The van der Waals surface area contributed by atoms with E-state index in [1.54, 1.807) is 6.07 Å². The fraction of sp³-hybridized carbons (Fsp3) is 0.182. The zero-order valence-corrected chi connectivity index (χ0v) is 9.52. The molecule has 0 aliphatic carbocycles. The molecule has 1 aliphatic rings. The van der Waals surface area contributed by atoms with Gasteiger partial charge in [0.25, 0.3) is 5.56 Å². The highest BCUT2D eigenvalue weighted by molar-refractivity contribution is 9.10. The molecule has 0 unspecified atom stereocenters. The Hall–Kier alpha value is -1.36. The van der Waals surface area contributed by atoms with Crippen molar-refractivity contribution in [1.82, 2.24) is 4.98 Å². The highest BCUT2D eigenvalue weighted by Crippen LogP contribution is 2.33. The lowest BCUT2D eigenvalue weighted by atomic mass is 10.1. The molecule has 1 aliphatic heterocycles. The van der Waals surface area contributed by atoms with Crippen LogP contribution in [0.5, 0.6) is 5.75 Å². The van der Waals surface area contributed by atoms with Crippen molar-refractivity contribution in [3.05, 3.63) is 38.3 Å². The minimum atomic E-state index is -1.85. The van der Waals surface area contributed by atoms with Crippen molar-refractivity contribution in [3.63, 3.8) is 0 Å². The normalized spacial score (nSPS) is 18.9. The van der Waals surface area contributed by atoms with E-state index < -0.39 is 17.7 Å². The molecule has 2 heterocycles. The Kier molecular flexibility index (Phi) is 1.62. The number of pyridine rings is 1. The van der Waals surface area contributed by atoms with Crippen molar-refractivity contribution in [3.8, 4) is 5.75 Å². The Morgan fingerprint density at radius 3 is 3.19 bits per heavy atom. The van der Waals surface area contributed by atoms with Gasteiger partial charge in [-0.05, 0) is 28.1 Å². The van der Waals surface area contributed by atoms with E-state index in [-0.39, 0.29) is 27.9 Å². The van der Waals surface area contributed by atoms with E-state index in [0.717, 1.165) is 0 Å². The number of aromatic amines is 1. The van der Waals surface area contributed by atoms with Crippen LogP contribution in [0.15, 0.2) is 21.4 Å². The fourth-order valence-electron chi connectivity index (χ4n) is 1.77. The first-order valence-electron chi connectivity index (χ1n) is 5.59. The molecule has 16 heavy (non-hydrogen) atoms. The highest BCUT2D eigenvalue weighted by Gasteiger charge is 2.21. The van der Waals surface area contributed by atoms with Gasteiger partial charge in [0, 0.05) is 14.5 Å². The standard InChI is InChI=1S/C11H7BrFNO2/c12-7-2-1-5-9(8(7)13)14-11(15)6-3-4-16-10(5)6/h1-2H,3-4H2,(H,14,15)/i3D2. The molecule has 3 nitrogen and oxygen atoms in total. The third-order valence-corrected chi connectivity index (χ3v) is 3.11. The Morgan fingerprint density at radius 2 is 2.38 bits per heavy atom. The minimum absolute atomic E-state index is 0.0193. The third kappa shape index (κ3) is 1.21. The summed E-state index contributed by atoms with van der Waals surface area (Å²) in [6.45, 7) is -0.234. The Bertz CT molecular complexity index is 729. The second kappa shape index (κ2) is 3.31. The maximum Gasteiger partial charge on any atom is 0.255 e. The molecule has 1 aromatic carbocycles. The van der Waals surface area contributed by atoms with E-state index in [2.05, 4.69) is 20.9 Å². The van der Waals surface area contributed by atoms with Gasteiger partial charge >= 0.3 is 0 Å². The van der Waals surface area contributed by atoms with Gasteiger partial charge < -0.3 is 9.72 Å². The van der Waals surface area contributed by atoms with E-state index in [1.807, 2.05) is 0 Å². The Labute approximate surface area is 101 Å². The molecule has 0 fully saturated rings. The molecule has 0 atom stereocenters. The maximum absolute atomic E-state index is 13.9.